The van der Waals surface area contributed by atoms with Crippen LogP contribution in [0.3, 0.4) is 0 Å². The number of rotatable bonds is 7. The van der Waals surface area contributed by atoms with Crippen LogP contribution < -0.4 is 10.2 Å². The molecule has 9 heteroatoms. The topological polar surface area (TPSA) is 92.9 Å². The molecule has 0 radical (unpaired) electrons. The van der Waals surface area contributed by atoms with Gasteiger partial charge >= 0.3 is 5.97 Å². The number of aryl methyl sites for hydroxylation is 2. The highest BCUT2D eigenvalue weighted by atomic mass is 35.5. The zero-order chi connectivity index (χ0) is 22.5. The summed E-state index contributed by atoms with van der Waals surface area (Å²) in [6.45, 7) is 3.47. The number of carboxylic acids is 1. The summed E-state index contributed by atoms with van der Waals surface area (Å²) in [4.78, 5) is 23.2. The Morgan fingerprint density at radius 1 is 1.06 bits per heavy atom. The molecule has 1 aromatic heterocycles. The van der Waals surface area contributed by atoms with Gasteiger partial charge in [-0.25, -0.2) is 10.2 Å². The number of benzene rings is 2. The fourth-order valence-electron chi connectivity index (χ4n) is 2.98. The van der Waals surface area contributed by atoms with Crippen LogP contribution in [-0.4, -0.2) is 34.4 Å². The third-order valence-electron chi connectivity index (χ3n) is 4.41. The third-order valence-corrected chi connectivity index (χ3v) is 5.04. The van der Waals surface area contributed by atoms with Crippen LogP contribution >= 0.6 is 23.2 Å². The molecule has 1 heterocycles. The molecule has 0 fully saturated rings. The summed E-state index contributed by atoms with van der Waals surface area (Å²) < 4.78 is 7.08. The molecule has 0 saturated carbocycles. The normalized spacial score (nSPS) is 11.0. The van der Waals surface area contributed by atoms with E-state index in [0.717, 1.165) is 17.1 Å². The molecular weight excluding hydrogens is 441 g/mol. The molecule has 3 aromatic rings. The fraction of sp³-hybridized carbons (Fsp3) is 0.136. The van der Waals surface area contributed by atoms with E-state index >= 15 is 0 Å². The van der Waals surface area contributed by atoms with Gasteiger partial charge in [0, 0.05) is 17.1 Å². The Morgan fingerprint density at radius 3 is 2.42 bits per heavy atom. The molecule has 0 atom stereocenters. The Morgan fingerprint density at radius 2 is 1.77 bits per heavy atom. The van der Waals surface area contributed by atoms with Crippen molar-refractivity contribution < 1.29 is 19.4 Å². The predicted octanol–water partition coefficient (Wildman–Crippen LogP) is 4.63. The zero-order valence-corrected chi connectivity index (χ0v) is 18.2. The molecular formula is C22H19Cl2N3O4. The van der Waals surface area contributed by atoms with Crippen LogP contribution in [0.25, 0.3) is 5.69 Å². The van der Waals surface area contributed by atoms with Crippen LogP contribution in [0.5, 0.6) is 5.75 Å². The lowest BCUT2D eigenvalue weighted by atomic mass is 10.2. The Bertz CT molecular complexity index is 1150. The van der Waals surface area contributed by atoms with Crippen LogP contribution in [0.2, 0.25) is 10.0 Å². The Labute approximate surface area is 188 Å². The fourth-order valence-corrected chi connectivity index (χ4v) is 3.43. The summed E-state index contributed by atoms with van der Waals surface area (Å²) >= 11 is 12.3. The predicted molar refractivity (Wildman–Crippen MR) is 120 cm³/mol. The van der Waals surface area contributed by atoms with Crippen molar-refractivity contribution >= 4 is 41.3 Å². The number of carbonyl (C=O) groups excluding carboxylic acids is 1. The average Bonchev–Trinajstić information content (AvgIpc) is 3.06. The van der Waals surface area contributed by atoms with E-state index in [2.05, 4.69) is 10.5 Å². The zero-order valence-electron chi connectivity index (χ0n) is 16.7. The number of aromatic nitrogens is 1. The molecule has 2 aromatic carbocycles. The minimum atomic E-state index is -1.10. The van der Waals surface area contributed by atoms with Gasteiger partial charge in [0.15, 0.2) is 6.61 Å². The minimum Gasteiger partial charge on any atom is -0.480 e. The van der Waals surface area contributed by atoms with Gasteiger partial charge in [-0.15, -0.1) is 0 Å². The summed E-state index contributed by atoms with van der Waals surface area (Å²) in [6.07, 6.45) is 1.41. The van der Waals surface area contributed by atoms with E-state index < -0.39 is 18.5 Å². The monoisotopic (exact) mass is 459 g/mol. The average molecular weight is 460 g/mol. The quantitative estimate of drug-likeness (QED) is 0.397. The van der Waals surface area contributed by atoms with Crippen molar-refractivity contribution in [2.24, 2.45) is 5.10 Å². The van der Waals surface area contributed by atoms with E-state index in [4.69, 9.17) is 33.0 Å². The van der Waals surface area contributed by atoms with E-state index in [1.807, 2.05) is 36.6 Å². The number of aliphatic carboxylic acids is 1. The van der Waals surface area contributed by atoms with Gasteiger partial charge in [0.2, 0.25) is 0 Å². The third kappa shape index (κ3) is 5.45. The van der Waals surface area contributed by atoms with Crippen molar-refractivity contribution in [2.45, 2.75) is 13.8 Å². The number of carboxylic acid groups (broad SMARTS) is 1. The molecule has 0 aliphatic carbocycles. The van der Waals surface area contributed by atoms with Gasteiger partial charge in [-0.05, 0) is 67.9 Å². The van der Waals surface area contributed by atoms with Crippen molar-refractivity contribution in [2.75, 3.05) is 6.61 Å². The van der Waals surface area contributed by atoms with E-state index in [9.17, 15) is 9.59 Å². The molecule has 0 spiro atoms. The number of halogens is 2. The SMILES string of the molecule is Cc1ccc(C)n1-c1ccc(Cl)c(C(=O)NN=Cc2ccc(OCC(=O)O)c(Cl)c2)c1. The lowest BCUT2D eigenvalue weighted by molar-refractivity contribution is -0.139. The van der Waals surface area contributed by atoms with E-state index in [1.165, 1.54) is 12.3 Å². The second-order valence-electron chi connectivity index (χ2n) is 6.69. The summed E-state index contributed by atoms with van der Waals surface area (Å²) in [5.41, 5.74) is 6.23. The number of ether oxygens (including phenoxy) is 1. The van der Waals surface area contributed by atoms with Crippen molar-refractivity contribution in [1.29, 1.82) is 0 Å². The summed E-state index contributed by atoms with van der Waals surface area (Å²) in [6, 6.07) is 13.9. The van der Waals surface area contributed by atoms with E-state index in [0.29, 0.717) is 16.1 Å². The summed E-state index contributed by atoms with van der Waals surface area (Å²) in [7, 11) is 0. The summed E-state index contributed by atoms with van der Waals surface area (Å²) in [5.74, 6) is -1.32. The molecule has 2 N–H and O–H groups in total. The van der Waals surface area contributed by atoms with E-state index in [1.54, 1.807) is 24.3 Å². The maximum Gasteiger partial charge on any atom is 0.341 e. The lowest BCUT2D eigenvalue weighted by Crippen LogP contribution is -2.18. The molecule has 7 nitrogen and oxygen atoms in total. The van der Waals surface area contributed by atoms with Gasteiger partial charge in [-0.2, -0.15) is 5.10 Å². The van der Waals surface area contributed by atoms with Gasteiger partial charge in [-0.3, -0.25) is 4.79 Å². The Hall–Kier alpha value is -3.29. The first-order valence-corrected chi connectivity index (χ1v) is 9.94. The maximum absolute atomic E-state index is 12.6. The first-order chi connectivity index (χ1) is 14.8. The second-order valence-corrected chi connectivity index (χ2v) is 7.50. The van der Waals surface area contributed by atoms with Crippen molar-refractivity contribution in [3.63, 3.8) is 0 Å². The van der Waals surface area contributed by atoms with Gasteiger partial charge in [0.05, 0.1) is 21.8 Å². The first-order valence-electron chi connectivity index (χ1n) is 9.18. The highest BCUT2D eigenvalue weighted by Crippen LogP contribution is 2.25. The smallest absolute Gasteiger partial charge is 0.341 e. The number of amides is 1. The standard InChI is InChI=1S/C22H19Cl2N3O4/c1-13-3-4-14(2)27(13)16-6-7-18(23)17(10-16)22(30)26-25-11-15-5-8-20(19(24)9-15)31-12-21(28)29/h3-11H,12H2,1-2H3,(H,26,30)(H,28,29). The molecule has 31 heavy (non-hydrogen) atoms. The molecule has 1 amide bonds. The number of nitrogens with zero attached hydrogens (tertiary/aromatic N) is 2. The molecule has 0 saturated heterocycles. The van der Waals surface area contributed by atoms with Gasteiger partial charge in [0.25, 0.3) is 5.91 Å². The molecule has 3 rings (SSSR count). The highest BCUT2D eigenvalue weighted by Gasteiger charge is 2.13. The number of hydrogen-bond donors (Lipinski definition) is 2. The van der Waals surface area contributed by atoms with Crippen LogP contribution in [0, 0.1) is 13.8 Å². The first kappa shape index (κ1) is 22.4. The van der Waals surface area contributed by atoms with Crippen LogP contribution in [0.15, 0.2) is 53.6 Å². The highest BCUT2D eigenvalue weighted by molar-refractivity contribution is 6.34. The van der Waals surface area contributed by atoms with Gasteiger partial charge in [-0.1, -0.05) is 23.2 Å². The van der Waals surface area contributed by atoms with Crippen LogP contribution in [0.1, 0.15) is 27.3 Å². The molecule has 0 aliphatic rings. The van der Waals surface area contributed by atoms with Crippen molar-refractivity contribution in [1.82, 2.24) is 9.99 Å². The van der Waals surface area contributed by atoms with Crippen molar-refractivity contribution in [3.8, 4) is 11.4 Å². The number of hydrogen-bond acceptors (Lipinski definition) is 4. The van der Waals surface area contributed by atoms with Gasteiger partial charge < -0.3 is 14.4 Å². The second kappa shape index (κ2) is 9.68. The van der Waals surface area contributed by atoms with Crippen LogP contribution in [0.4, 0.5) is 0 Å². The Kier molecular flexibility index (Phi) is 6.99. The number of nitrogens with one attached hydrogen (secondary N) is 1. The molecule has 0 aliphatic heterocycles. The minimum absolute atomic E-state index is 0.227. The Balaban J connectivity index is 1.72. The summed E-state index contributed by atoms with van der Waals surface area (Å²) in [5, 5.41) is 13.1. The molecule has 0 bridgehead atoms. The lowest BCUT2D eigenvalue weighted by Gasteiger charge is -2.12. The largest absolute Gasteiger partial charge is 0.480 e. The molecule has 0 unspecified atom stereocenters. The maximum atomic E-state index is 12.6. The van der Waals surface area contributed by atoms with Crippen molar-refractivity contribution in [3.05, 3.63) is 81.1 Å². The number of hydrazone groups is 1. The molecule has 160 valence electrons. The number of carbonyl (C=O) groups is 2. The van der Waals surface area contributed by atoms with E-state index in [-0.39, 0.29) is 10.8 Å². The van der Waals surface area contributed by atoms with Gasteiger partial charge in [0.1, 0.15) is 5.75 Å². The van der Waals surface area contributed by atoms with Crippen LogP contribution in [-0.2, 0) is 4.79 Å².